The number of benzene rings is 1. The summed E-state index contributed by atoms with van der Waals surface area (Å²) in [7, 11) is 0. The summed E-state index contributed by atoms with van der Waals surface area (Å²) in [6.07, 6.45) is 0. The van der Waals surface area contributed by atoms with Gasteiger partial charge in [-0.3, -0.25) is 5.10 Å². The van der Waals surface area contributed by atoms with Gasteiger partial charge in [0.05, 0.1) is 10.9 Å². The van der Waals surface area contributed by atoms with E-state index >= 15 is 0 Å². The maximum absolute atomic E-state index is 13.2. The highest BCUT2D eigenvalue weighted by Crippen LogP contribution is 2.24. The zero-order chi connectivity index (χ0) is 8.72. The second-order valence-electron chi connectivity index (χ2n) is 2.68. The van der Waals surface area contributed by atoms with E-state index in [1.54, 1.807) is 6.07 Å². The van der Waals surface area contributed by atoms with Crippen molar-refractivity contribution in [2.75, 3.05) is 0 Å². The third kappa shape index (κ3) is 0.975. The summed E-state index contributed by atoms with van der Waals surface area (Å²) in [5.41, 5.74) is 1.40. The summed E-state index contributed by atoms with van der Waals surface area (Å²) < 4.78 is 13.2. The van der Waals surface area contributed by atoms with Crippen molar-refractivity contribution in [2.24, 2.45) is 0 Å². The number of H-pyrrole nitrogens is 1. The van der Waals surface area contributed by atoms with Crippen molar-refractivity contribution in [3.05, 3.63) is 28.7 Å². The number of fused-ring (bicyclic) bond motifs is 1. The molecule has 0 bridgehead atoms. The van der Waals surface area contributed by atoms with Gasteiger partial charge in [-0.15, -0.1) is 0 Å². The van der Waals surface area contributed by atoms with Crippen LogP contribution < -0.4 is 0 Å². The summed E-state index contributed by atoms with van der Waals surface area (Å²) >= 11 is 5.67. The minimum absolute atomic E-state index is 0.252. The van der Waals surface area contributed by atoms with E-state index in [0.29, 0.717) is 10.9 Å². The second kappa shape index (κ2) is 2.45. The molecular formula is C8H6ClFN2. The fourth-order valence-electron chi connectivity index (χ4n) is 1.19. The molecule has 0 amide bonds. The number of hydrogen-bond donors (Lipinski definition) is 1. The summed E-state index contributed by atoms with van der Waals surface area (Å²) in [6.45, 7) is 1.81. The number of aryl methyl sites for hydroxylation is 1. The van der Waals surface area contributed by atoms with Crippen LogP contribution in [0.4, 0.5) is 4.39 Å². The van der Waals surface area contributed by atoms with Gasteiger partial charge in [0.25, 0.3) is 0 Å². The molecule has 12 heavy (non-hydrogen) atoms. The average molecular weight is 185 g/mol. The number of aromatic nitrogens is 2. The first kappa shape index (κ1) is 7.55. The Labute approximate surface area is 73.3 Å². The lowest BCUT2D eigenvalue weighted by Crippen LogP contribution is -1.79. The number of halogens is 2. The molecule has 0 atom stereocenters. The SMILES string of the molecule is Cc1cc(F)c2c(Cl)[nH]nc2c1. The first-order chi connectivity index (χ1) is 5.68. The minimum Gasteiger partial charge on any atom is -0.266 e. The van der Waals surface area contributed by atoms with Gasteiger partial charge in [-0.05, 0) is 24.6 Å². The van der Waals surface area contributed by atoms with Crippen molar-refractivity contribution in [3.8, 4) is 0 Å². The number of hydrogen-bond acceptors (Lipinski definition) is 1. The molecule has 0 unspecified atom stereocenters. The van der Waals surface area contributed by atoms with Crippen LogP contribution in [-0.4, -0.2) is 10.2 Å². The molecule has 0 saturated heterocycles. The van der Waals surface area contributed by atoms with Crippen molar-refractivity contribution < 1.29 is 4.39 Å². The Kier molecular flexibility index (Phi) is 1.54. The largest absolute Gasteiger partial charge is 0.266 e. The number of nitrogens with zero attached hydrogens (tertiary/aromatic N) is 1. The van der Waals surface area contributed by atoms with Crippen LogP contribution in [0.2, 0.25) is 5.15 Å². The lowest BCUT2D eigenvalue weighted by molar-refractivity contribution is 0.639. The molecule has 0 fully saturated rings. The Morgan fingerprint density at radius 1 is 1.50 bits per heavy atom. The smallest absolute Gasteiger partial charge is 0.136 e. The zero-order valence-corrected chi connectivity index (χ0v) is 7.11. The zero-order valence-electron chi connectivity index (χ0n) is 6.36. The first-order valence-corrected chi connectivity index (χ1v) is 3.86. The predicted octanol–water partition coefficient (Wildman–Crippen LogP) is 2.66. The van der Waals surface area contributed by atoms with Crippen LogP contribution in [0.25, 0.3) is 10.9 Å². The van der Waals surface area contributed by atoms with Crippen LogP contribution in [0.3, 0.4) is 0 Å². The molecule has 1 aromatic heterocycles. The second-order valence-corrected chi connectivity index (χ2v) is 3.06. The molecule has 0 aliphatic rings. The molecule has 0 aliphatic carbocycles. The van der Waals surface area contributed by atoms with E-state index in [4.69, 9.17) is 11.6 Å². The van der Waals surface area contributed by atoms with Crippen LogP contribution in [-0.2, 0) is 0 Å². The van der Waals surface area contributed by atoms with Crippen LogP contribution >= 0.6 is 11.6 Å². The third-order valence-electron chi connectivity index (χ3n) is 1.71. The van der Waals surface area contributed by atoms with Crippen molar-refractivity contribution in [1.82, 2.24) is 10.2 Å². The molecular weight excluding hydrogens is 179 g/mol. The summed E-state index contributed by atoms with van der Waals surface area (Å²) in [6, 6.07) is 3.21. The highest BCUT2D eigenvalue weighted by atomic mass is 35.5. The number of aromatic amines is 1. The lowest BCUT2D eigenvalue weighted by atomic mass is 10.2. The fourth-order valence-corrected chi connectivity index (χ4v) is 1.42. The molecule has 2 nitrogen and oxygen atoms in total. The average Bonchev–Trinajstić information content (AvgIpc) is 2.31. The van der Waals surface area contributed by atoms with Crippen LogP contribution in [0.5, 0.6) is 0 Å². The van der Waals surface area contributed by atoms with Gasteiger partial charge in [0.2, 0.25) is 0 Å². The van der Waals surface area contributed by atoms with E-state index < -0.39 is 0 Å². The van der Waals surface area contributed by atoms with E-state index in [2.05, 4.69) is 10.2 Å². The van der Waals surface area contributed by atoms with E-state index in [0.717, 1.165) is 5.56 Å². The van der Waals surface area contributed by atoms with Gasteiger partial charge in [0.1, 0.15) is 11.0 Å². The topological polar surface area (TPSA) is 28.7 Å². The molecule has 2 rings (SSSR count). The molecule has 1 heterocycles. The van der Waals surface area contributed by atoms with Gasteiger partial charge in [-0.25, -0.2) is 4.39 Å². The van der Waals surface area contributed by atoms with Crippen LogP contribution in [0, 0.1) is 12.7 Å². The van der Waals surface area contributed by atoms with Crippen molar-refractivity contribution in [1.29, 1.82) is 0 Å². The fraction of sp³-hybridized carbons (Fsp3) is 0.125. The van der Waals surface area contributed by atoms with Crippen molar-refractivity contribution in [2.45, 2.75) is 6.92 Å². The Balaban J connectivity index is 2.93. The normalized spacial score (nSPS) is 10.9. The highest BCUT2D eigenvalue weighted by molar-refractivity contribution is 6.34. The van der Waals surface area contributed by atoms with Gasteiger partial charge in [-0.1, -0.05) is 11.6 Å². The standard InChI is InChI=1S/C8H6ClFN2/c1-4-2-5(10)7-6(3-4)11-12-8(7)9/h2-3H,1H3,(H,11,12). The van der Waals surface area contributed by atoms with Gasteiger partial charge in [-0.2, -0.15) is 5.10 Å². The molecule has 0 saturated carbocycles. The molecule has 62 valence electrons. The van der Waals surface area contributed by atoms with E-state index in [1.807, 2.05) is 6.92 Å². The van der Waals surface area contributed by atoms with E-state index in [9.17, 15) is 4.39 Å². The quantitative estimate of drug-likeness (QED) is 0.670. The summed E-state index contributed by atoms with van der Waals surface area (Å²) in [4.78, 5) is 0. The Morgan fingerprint density at radius 2 is 2.25 bits per heavy atom. The summed E-state index contributed by atoms with van der Waals surface area (Å²) in [5, 5.41) is 6.98. The van der Waals surface area contributed by atoms with Crippen LogP contribution in [0.15, 0.2) is 12.1 Å². The van der Waals surface area contributed by atoms with E-state index in [1.165, 1.54) is 6.07 Å². The monoisotopic (exact) mass is 184 g/mol. The van der Waals surface area contributed by atoms with Crippen LogP contribution in [0.1, 0.15) is 5.56 Å². The Bertz CT molecular complexity index is 436. The van der Waals surface area contributed by atoms with Crippen molar-refractivity contribution >= 4 is 22.5 Å². The summed E-state index contributed by atoms with van der Waals surface area (Å²) in [5.74, 6) is -0.330. The van der Waals surface area contributed by atoms with Crippen molar-refractivity contribution in [3.63, 3.8) is 0 Å². The Morgan fingerprint density at radius 3 is 3.00 bits per heavy atom. The van der Waals surface area contributed by atoms with Gasteiger partial charge >= 0.3 is 0 Å². The highest BCUT2D eigenvalue weighted by Gasteiger charge is 2.08. The van der Waals surface area contributed by atoms with Gasteiger partial charge in [0.15, 0.2) is 0 Å². The Hall–Kier alpha value is -1.09. The van der Waals surface area contributed by atoms with Gasteiger partial charge < -0.3 is 0 Å². The number of rotatable bonds is 0. The maximum atomic E-state index is 13.2. The maximum Gasteiger partial charge on any atom is 0.136 e. The van der Waals surface area contributed by atoms with Gasteiger partial charge in [0, 0.05) is 0 Å². The molecule has 1 N–H and O–H groups in total. The molecule has 0 aliphatic heterocycles. The molecule has 4 heteroatoms. The number of nitrogens with one attached hydrogen (secondary N) is 1. The predicted molar refractivity (Wildman–Crippen MR) is 45.8 cm³/mol. The minimum atomic E-state index is -0.330. The molecule has 0 radical (unpaired) electrons. The molecule has 1 aromatic carbocycles. The lowest BCUT2D eigenvalue weighted by Gasteiger charge is -1.93. The molecule has 2 aromatic rings. The third-order valence-corrected chi connectivity index (χ3v) is 1.98. The first-order valence-electron chi connectivity index (χ1n) is 3.48. The van der Waals surface area contributed by atoms with E-state index in [-0.39, 0.29) is 11.0 Å². The molecule has 0 spiro atoms.